The monoisotopic (exact) mass is 836 g/mol. The highest BCUT2D eigenvalue weighted by Gasteiger charge is 2.28. The van der Waals surface area contributed by atoms with Crippen LogP contribution in [0.5, 0.6) is 0 Å². The van der Waals surface area contributed by atoms with Gasteiger partial charge >= 0.3 is 19.8 Å². The first kappa shape index (κ1) is 54.9. The lowest BCUT2D eigenvalue weighted by Crippen LogP contribution is -2.43. The fourth-order valence-electron chi connectivity index (χ4n) is 5.57. The van der Waals surface area contributed by atoms with Gasteiger partial charge in [-0.1, -0.05) is 145 Å². The third-order valence-corrected chi connectivity index (χ3v) is 9.93. The molecule has 0 saturated heterocycles. The van der Waals surface area contributed by atoms with E-state index in [1.54, 1.807) is 0 Å². The van der Waals surface area contributed by atoms with Crippen molar-refractivity contribution in [1.29, 1.82) is 0 Å². The number of aliphatic hydroxyl groups excluding tert-OH is 1. The molecule has 0 bridgehead atoms. The molecule has 58 heavy (non-hydrogen) atoms. The minimum atomic E-state index is -4.77. The number of amides is 1. The molecule has 0 aliphatic carbocycles. The molecule has 0 spiro atoms. The predicted molar refractivity (Wildman–Crippen MR) is 235 cm³/mol. The third kappa shape index (κ3) is 39.7. The second-order valence-corrected chi connectivity index (χ2v) is 16.0. The van der Waals surface area contributed by atoms with Crippen molar-refractivity contribution >= 4 is 25.7 Å². The fourth-order valence-corrected chi connectivity index (χ4v) is 6.34. The number of carboxylic acids is 1. The first-order chi connectivity index (χ1) is 28.1. The maximum atomic E-state index is 12.3. The number of phosphoric ester groups is 1. The molecule has 1 amide bonds. The number of ether oxygens (including phenoxy) is 1. The molecule has 0 aromatic heterocycles. The summed E-state index contributed by atoms with van der Waals surface area (Å²) < 4.78 is 26.8. The molecule has 0 radical (unpaired) electrons. The normalized spacial score (nSPS) is 14.4. The van der Waals surface area contributed by atoms with Crippen LogP contribution in [0.2, 0.25) is 0 Å². The molecule has 3 unspecified atom stereocenters. The Labute approximate surface area is 350 Å². The number of unbranched alkanes of at least 4 members (excludes halogenated alkanes) is 14. The molecule has 0 aromatic rings. The van der Waals surface area contributed by atoms with Gasteiger partial charge in [0.1, 0.15) is 12.7 Å². The molecular weight excluding hydrogens is 757 g/mol. The lowest BCUT2D eigenvalue weighted by molar-refractivity contribution is -0.147. The Morgan fingerprint density at radius 1 is 0.569 bits per heavy atom. The Kier molecular flexibility index (Phi) is 38.5. The fraction of sp³-hybridized carbons (Fsp3) is 0.674. The maximum Gasteiger partial charge on any atom is 0.472 e. The molecule has 0 aliphatic heterocycles. The second kappa shape index (κ2) is 40.7. The van der Waals surface area contributed by atoms with Crippen LogP contribution >= 0.6 is 7.82 Å². The molecule has 332 valence electrons. The van der Waals surface area contributed by atoms with E-state index in [-0.39, 0.29) is 12.8 Å². The number of aliphatic hydroxyl groups is 1. The van der Waals surface area contributed by atoms with Gasteiger partial charge in [-0.2, -0.15) is 0 Å². The van der Waals surface area contributed by atoms with Gasteiger partial charge in [0, 0.05) is 12.8 Å². The number of carbonyl (C=O) groups excluding carboxylic acids is 2. The van der Waals surface area contributed by atoms with E-state index in [9.17, 15) is 34.1 Å². The van der Waals surface area contributed by atoms with Crippen molar-refractivity contribution in [3.05, 3.63) is 72.9 Å². The quantitative estimate of drug-likeness (QED) is 0.0202. The Balaban J connectivity index is 3.99. The lowest BCUT2D eigenvalue weighted by atomic mass is 10.1. The molecule has 11 nitrogen and oxygen atoms in total. The van der Waals surface area contributed by atoms with Crippen molar-refractivity contribution in [2.24, 2.45) is 0 Å². The van der Waals surface area contributed by atoms with Crippen LogP contribution in [-0.4, -0.2) is 64.9 Å². The third-order valence-electron chi connectivity index (χ3n) is 8.98. The molecule has 0 rings (SSSR count). The summed E-state index contributed by atoms with van der Waals surface area (Å²) in [7, 11) is -4.77. The van der Waals surface area contributed by atoms with Gasteiger partial charge in [0.15, 0.2) is 6.04 Å². The highest BCUT2D eigenvalue weighted by molar-refractivity contribution is 7.47. The highest BCUT2D eigenvalue weighted by atomic mass is 31.2. The molecule has 0 heterocycles. The summed E-state index contributed by atoms with van der Waals surface area (Å²) in [6.45, 7) is 2.43. The Morgan fingerprint density at radius 2 is 1.00 bits per heavy atom. The molecule has 4 N–H and O–H groups in total. The molecule has 0 aliphatic rings. The average molecular weight is 836 g/mol. The van der Waals surface area contributed by atoms with Crippen LogP contribution in [-0.2, 0) is 32.7 Å². The number of nitrogens with one attached hydrogen (secondary N) is 1. The first-order valence-electron chi connectivity index (χ1n) is 22.0. The van der Waals surface area contributed by atoms with Gasteiger partial charge in [0.2, 0.25) is 5.91 Å². The zero-order chi connectivity index (χ0) is 42.8. The smallest absolute Gasteiger partial charge is 0.472 e. The first-order valence-corrected chi connectivity index (χ1v) is 23.5. The minimum Gasteiger partial charge on any atom is -0.480 e. The summed E-state index contributed by atoms with van der Waals surface area (Å²) in [4.78, 5) is 45.9. The standard InChI is InChI=1S/C46H78NO10P/c1-3-5-7-9-11-13-15-17-19-20-21-22-24-25-27-29-31-33-35-37-44(49)47-43(46(51)52)41-57-58(53,54)56-40-42(48)39-55-45(50)38-36-34-32-30-28-26-23-18-16-14-12-10-8-6-4-2/h5,7,11,13,17-19,21-23,25,27,42-43,48H,3-4,6,8-10,12,14-16,20,24,26,28-41H2,1-2H3,(H,47,49)(H,51,52)(H,53,54)/b7-5-,13-11-,19-17-,22-21-,23-18-,27-25-. The molecule has 12 heteroatoms. The van der Waals surface area contributed by atoms with Gasteiger partial charge in [-0.3, -0.25) is 18.6 Å². The number of allylic oxidation sites excluding steroid dienone is 12. The van der Waals surface area contributed by atoms with Crippen molar-refractivity contribution in [3.8, 4) is 0 Å². The molecular formula is C46H78NO10P. The van der Waals surface area contributed by atoms with Crippen LogP contribution in [0.4, 0.5) is 0 Å². The Bertz CT molecular complexity index is 1260. The molecule has 0 aromatic carbocycles. The summed E-state index contributed by atoms with van der Waals surface area (Å²) in [6, 6.07) is -1.57. The zero-order valence-electron chi connectivity index (χ0n) is 35.8. The van der Waals surface area contributed by atoms with Crippen molar-refractivity contribution in [2.45, 2.75) is 180 Å². The largest absolute Gasteiger partial charge is 0.480 e. The number of esters is 1. The van der Waals surface area contributed by atoms with E-state index in [4.69, 9.17) is 13.8 Å². The van der Waals surface area contributed by atoms with Crippen LogP contribution in [0, 0.1) is 0 Å². The number of hydrogen-bond acceptors (Lipinski definition) is 8. The van der Waals surface area contributed by atoms with E-state index in [1.165, 1.54) is 38.5 Å². The lowest BCUT2D eigenvalue weighted by Gasteiger charge is -2.18. The SMILES string of the molecule is CC/C=C\C/C=C\C/C=C\C/C=C\C/C=C\CCCCCC(=O)NC(COP(=O)(O)OCC(O)COC(=O)CCCCCCC/C=C\CCCCCCCC)C(=O)O. The predicted octanol–water partition coefficient (Wildman–Crippen LogP) is 11.3. The molecule has 0 fully saturated rings. The van der Waals surface area contributed by atoms with E-state index in [1.807, 2.05) is 0 Å². The van der Waals surface area contributed by atoms with E-state index in [2.05, 4.69) is 92.1 Å². The number of rotatable bonds is 40. The second-order valence-electron chi connectivity index (χ2n) is 14.5. The van der Waals surface area contributed by atoms with Gasteiger partial charge in [-0.15, -0.1) is 0 Å². The minimum absolute atomic E-state index is 0.102. The van der Waals surface area contributed by atoms with Gasteiger partial charge in [-0.25, -0.2) is 9.36 Å². The van der Waals surface area contributed by atoms with Crippen LogP contribution in [0.25, 0.3) is 0 Å². The summed E-state index contributed by atoms with van der Waals surface area (Å²) in [5.41, 5.74) is 0. The van der Waals surface area contributed by atoms with E-state index in [0.717, 1.165) is 89.9 Å². The van der Waals surface area contributed by atoms with Crippen LogP contribution < -0.4 is 5.32 Å². The molecule has 3 atom stereocenters. The Hall–Kier alpha value is -3.08. The number of carbonyl (C=O) groups is 3. The van der Waals surface area contributed by atoms with Crippen LogP contribution in [0.3, 0.4) is 0 Å². The van der Waals surface area contributed by atoms with Crippen molar-refractivity contribution in [2.75, 3.05) is 19.8 Å². The van der Waals surface area contributed by atoms with Gasteiger partial charge in [-0.05, 0) is 83.5 Å². The van der Waals surface area contributed by atoms with Crippen molar-refractivity contribution in [3.63, 3.8) is 0 Å². The van der Waals surface area contributed by atoms with Gasteiger partial charge in [0.25, 0.3) is 0 Å². The molecule has 0 saturated carbocycles. The topological polar surface area (TPSA) is 169 Å². The van der Waals surface area contributed by atoms with Crippen LogP contribution in [0.1, 0.15) is 168 Å². The number of aliphatic carboxylic acids is 1. The number of hydrogen-bond donors (Lipinski definition) is 4. The van der Waals surface area contributed by atoms with E-state index >= 15 is 0 Å². The summed E-state index contributed by atoms with van der Waals surface area (Å²) >= 11 is 0. The summed E-state index contributed by atoms with van der Waals surface area (Å²) in [6.07, 6.45) is 47.8. The van der Waals surface area contributed by atoms with Crippen molar-refractivity contribution in [1.82, 2.24) is 5.32 Å². The van der Waals surface area contributed by atoms with Gasteiger partial charge in [0.05, 0.1) is 13.2 Å². The van der Waals surface area contributed by atoms with Crippen molar-refractivity contribution < 1.29 is 47.8 Å². The maximum absolute atomic E-state index is 12.3. The van der Waals surface area contributed by atoms with Crippen LogP contribution in [0.15, 0.2) is 72.9 Å². The van der Waals surface area contributed by atoms with E-state index < -0.39 is 57.6 Å². The zero-order valence-corrected chi connectivity index (χ0v) is 36.7. The van der Waals surface area contributed by atoms with Gasteiger partial charge < -0.3 is 25.2 Å². The summed E-state index contributed by atoms with van der Waals surface area (Å²) in [5, 5.41) is 21.8. The Morgan fingerprint density at radius 3 is 1.53 bits per heavy atom. The number of carboxylic acid groups (broad SMARTS) is 1. The number of phosphoric acid groups is 1. The highest BCUT2D eigenvalue weighted by Crippen LogP contribution is 2.43. The summed E-state index contributed by atoms with van der Waals surface area (Å²) in [5.74, 6) is -2.44. The average Bonchev–Trinajstić information content (AvgIpc) is 3.20. The van der Waals surface area contributed by atoms with E-state index in [0.29, 0.717) is 12.8 Å².